The monoisotopic (exact) mass is 370 g/mol. The number of rotatable bonds is 6. The first-order valence-corrected chi connectivity index (χ1v) is 10.1. The molecule has 5 nitrogen and oxygen atoms in total. The Bertz CT molecular complexity index is 700. The fraction of sp³-hybridized carbons (Fsp3) is 0.400. The summed E-state index contributed by atoms with van der Waals surface area (Å²) in [5, 5.41) is 0. The zero-order chi connectivity index (χ0) is 18.4. The topological polar surface area (TPSA) is 39.7 Å². The molecule has 0 aliphatic carbocycles. The minimum Gasteiger partial charge on any atom is -0.353 e. The normalized spacial score (nSPS) is 14.7. The Morgan fingerprint density at radius 2 is 1.85 bits per heavy atom. The molecular weight excluding hydrogens is 344 g/mol. The van der Waals surface area contributed by atoms with Crippen LogP contribution in [0.1, 0.15) is 5.56 Å². The summed E-state index contributed by atoms with van der Waals surface area (Å²) >= 11 is 1.74. The molecule has 1 fully saturated rings. The summed E-state index contributed by atoms with van der Waals surface area (Å²) in [5.41, 5.74) is 1.23. The number of benzene rings is 1. The van der Waals surface area contributed by atoms with Crippen LogP contribution in [0, 0.1) is 0 Å². The number of aromatic nitrogens is 1. The van der Waals surface area contributed by atoms with E-state index in [-0.39, 0.29) is 5.91 Å². The highest BCUT2D eigenvalue weighted by Gasteiger charge is 2.22. The van der Waals surface area contributed by atoms with Gasteiger partial charge in [-0.2, -0.15) is 0 Å². The van der Waals surface area contributed by atoms with Crippen LogP contribution in [0.15, 0.2) is 53.6 Å². The molecule has 1 aliphatic heterocycles. The van der Waals surface area contributed by atoms with E-state index in [4.69, 9.17) is 0 Å². The number of amides is 1. The van der Waals surface area contributed by atoms with Gasteiger partial charge in [-0.05, 0) is 43.1 Å². The predicted molar refractivity (Wildman–Crippen MR) is 108 cm³/mol. The van der Waals surface area contributed by atoms with Crippen LogP contribution in [-0.4, -0.2) is 66.7 Å². The molecule has 2 heterocycles. The third kappa shape index (κ3) is 4.99. The number of thioether (sulfide) groups is 1. The molecule has 3 rings (SSSR count). The maximum atomic E-state index is 12.6. The molecular formula is C20H26N4OS. The summed E-state index contributed by atoms with van der Waals surface area (Å²) in [6.07, 6.45) is 3.89. The molecule has 1 aliphatic rings. The summed E-state index contributed by atoms with van der Waals surface area (Å²) in [6.45, 7) is 4.42. The molecule has 0 bridgehead atoms. The molecule has 1 aromatic heterocycles. The van der Waals surface area contributed by atoms with Gasteiger partial charge in [0.05, 0.1) is 6.54 Å². The van der Waals surface area contributed by atoms with Crippen LogP contribution in [0.2, 0.25) is 0 Å². The Morgan fingerprint density at radius 1 is 1.12 bits per heavy atom. The van der Waals surface area contributed by atoms with Gasteiger partial charge in [-0.1, -0.05) is 18.2 Å². The molecule has 1 amide bonds. The van der Waals surface area contributed by atoms with Gasteiger partial charge in [0, 0.05) is 43.8 Å². The van der Waals surface area contributed by atoms with Crippen molar-refractivity contribution in [2.75, 3.05) is 50.9 Å². The minimum atomic E-state index is 0.203. The van der Waals surface area contributed by atoms with E-state index < -0.39 is 0 Å². The molecule has 1 aromatic carbocycles. The largest absolute Gasteiger partial charge is 0.353 e. The van der Waals surface area contributed by atoms with Crippen molar-refractivity contribution < 1.29 is 4.79 Å². The van der Waals surface area contributed by atoms with Crippen molar-refractivity contribution >= 4 is 23.5 Å². The van der Waals surface area contributed by atoms with Gasteiger partial charge in [0.25, 0.3) is 0 Å². The number of pyridine rings is 1. The molecule has 0 saturated carbocycles. The summed E-state index contributed by atoms with van der Waals surface area (Å²) in [5.74, 6) is 1.19. The number of hydrogen-bond donors (Lipinski definition) is 0. The van der Waals surface area contributed by atoms with Gasteiger partial charge >= 0.3 is 0 Å². The average Bonchev–Trinajstić information content (AvgIpc) is 2.69. The van der Waals surface area contributed by atoms with Crippen LogP contribution in [-0.2, 0) is 11.3 Å². The highest BCUT2D eigenvalue weighted by Crippen LogP contribution is 2.16. The number of anilines is 1. The Labute approximate surface area is 160 Å². The van der Waals surface area contributed by atoms with Crippen LogP contribution in [0.4, 0.5) is 5.82 Å². The third-order valence-corrected chi connectivity index (χ3v) is 5.37. The van der Waals surface area contributed by atoms with Gasteiger partial charge in [-0.3, -0.25) is 9.69 Å². The zero-order valence-corrected chi connectivity index (χ0v) is 16.3. The smallest absolute Gasteiger partial charge is 0.236 e. The Morgan fingerprint density at radius 3 is 2.46 bits per heavy atom. The van der Waals surface area contributed by atoms with Crippen LogP contribution in [0.3, 0.4) is 0 Å². The average molecular weight is 371 g/mol. The molecule has 0 radical (unpaired) electrons. The highest BCUT2D eigenvalue weighted by atomic mass is 32.2. The number of likely N-dealkylation sites (N-methyl/N-ethyl adjacent to an activating group) is 1. The Balaban J connectivity index is 1.46. The lowest BCUT2D eigenvalue weighted by Gasteiger charge is -2.36. The molecule has 0 unspecified atom stereocenters. The first-order valence-electron chi connectivity index (χ1n) is 8.91. The standard InChI is InChI=1S/C20H26N4OS/c1-22(15-17-6-8-18(26-2)9-7-17)16-20(25)24-13-11-23(12-14-24)19-5-3-4-10-21-19/h3-10H,11-16H2,1-2H3. The Kier molecular flexibility index (Phi) is 6.52. The maximum Gasteiger partial charge on any atom is 0.236 e. The summed E-state index contributed by atoms with van der Waals surface area (Å²) in [7, 11) is 2.00. The SMILES string of the molecule is CSc1ccc(CN(C)CC(=O)N2CCN(c3ccccn3)CC2)cc1. The minimum absolute atomic E-state index is 0.203. The lowest BCUT2D eigenvalue weighted by Crippen LogP contribution is -2.51. The fourth-order valence-electron chi connectivity index (χ4n) is 3.16. The Hall–Kier alpha value is -2.05. The van der Waals surface area contributed by atoms with E-state index in [0.29, 0.717) is 6.54 Å². The summed E-state index contributed by atoms with van der Waals surface area (Å²) < 4.78 is 0. The van der Waals surface area contributed by atoms with E-state index in [1.54, 1.807) is 11.8 Å². The molecule has 0 atom stereocenters. The van der Waals surface area contributed by atoms with E-state index in [9.17, 15) is 4.79 Å². The van der Waals surface area contributed by atoms with Gasteiger partial charge in [0.1, 0.15) is 5.82 Å². The fourth-order valence-corrected chi connectivity index (χ4v) is 3.56. The van der Waals surface area contributed by atoms with Gasteiger partial charge in [-0.15, -0.1) is 11.8 Å². The molecule has 0 N–H and O–H groups in total. The van der Waals surface area contributed by atoms with Crippen molar-refractivity contribution in [2.24, 2.45) is 0 Å². The van der Waals surface area contributed by atoms with Gasteiger partial charge < -0.3 is 9.80 Å². The lowest BCUT2D eigenvalue weighted by molar-refractivity contribution is -0.132. The number of carbonyl (C=O) groups excluding carboxylic acids is 1. The van der Waals surface area contributed by atoms with Crippen molar-refractivity contribution in [1.82, 2.24) is 14.8 Å². The van der Waals surface area contributed by atoms with Crippen LogP contribution < -0.4 is 4.90 Å². The number of nitrogens with zero attached hydrogens (tertiary/aromatic N) is 4. The van der Waals surface area contributed by atoms with Crippen LogP contribution in [0.25, 0.3) is 0 Å². The van der Waals surface area contributed by atoms with Crippen molar-refractivity contribution in [1.29, 1.82) is 0 Å². The van der Waals surface area contributed by atoms with Gasteiger partial charge in [0.15, 0.2) is 0 Å². The third-order valence-electron chi connectivity index (χ3n) is 4.62. The van der Waals surface area contributed by atoms with E-state index in [0.717, 1.165) is 38.5 Å². The molecule has 1 saturated heterocycles. The van der Waals surface area contributed by atoms with Crippen LogP contribution in [0.5, 0.6) is 0 Å². The second kappa shape index (κ2) is 9.05. The van der Waals surface area contributed by atoms with Gasteiger partial charge in [0.2, 0.25) is 5.91 Å². The predicted octanol–water partition coefficient (Wildman–Crippen LogP) is 2.58. The van der Waals surface area contributed by atoms with Crippen molar-refractivity contribution in [2.45, 2.75) is 11.4 Å². The molecule has 2 aromatic rings. The van der Waals surface area contributed by atoms with Crippen LogP contribution >= 0.6 is 11.8 Å². The van der Waals surface area contributed by atoms with E-state index in [1.807, 2.05) is 36.3 Å². The van der Waals surface area contributed by atoms with Crippen molar-refractivity contribution in [3.63, 3.8) is 0 Å². The van der Waals surface area contributed by atoms with Crippen molar-refractivity contribution in [3.8, 4) is 0 Å². The summed E-state index contributed by atoms with van der Waals surface area (Å²) in [6, 6.07) is 14.5. The molecule has 138 valence electrons. The lowest BCUT2D eigenvalue weighted by atomic mass is 10.2. The molecule has 26 heavy (non-hydrogen) atoms. The highest BCUT2D eigenvalue weighted by molar-refractivity contribution is 7.98. The van der Waals surface area contributed by atoms with Crippen molar-refractivity contribution in [3.05, 3.63) is 54.2 Å². The summed E-state index contributed by atoms with van der Waals surface area (Å²) in [4.78, 5) is 24.5. The quantitative estimate of drug-likeness (QED) is 0.731. The molecule has 0 spiro atoms. The maximum absolute atomic E-state index is 12.6. The van der Waals surface area contributed by atoms with E-state index in [1.165, 1.54) is 10.5 Å². The number of hydrogen-bond acceptors (Lipinski definition) is 5. The second-order valence-corrected chi connectivity index (χ2v) is 7.46. The first kappa shape index (κ1) is 18.7. The van der Waals surface area contributed by atoms with E-state index >= 15 is 0 Å². The second-order valence-electron chi connectivity index (χ2n) is 6.58. The molecule has 6 heteroatoms. The van der Waals surface area contributed by atoms with Gasteiger partial charge in [-0.25, -0.2) is 4.98 Å². The van der Waals surface area contributed by atoms with E-state index in [2.05, 4.69) is 45.3 Å². The number of carbonyl (C=O) groups is 1. The number of piperazine rings is 1. The first-order chi connectivity index (χ1) is 12.7. The zero-order valence-electron chi connectivity index (χ0n) is 15.5.